The van der Waals surface area contributed by atoms with E-state index in [-0.39, 0.29) is 23.6 Å². The number of fused-ring (bicyclic) bond motifs is 1. The summed E-state index contributed by atoms with van der Waals surface area (Å²) in [6.45, 7) is -0.195. The van der Waals surface area contributed by atoms with Crippen LogP contribution < -0.4 is 15.4 Å². The third-order valence-corrected chi connectivity index (χ3v) is 4.93. The fourth-order valence-electron chi connectivity index (χ4n) is 3.32. The van der Waals surface area contributed by atoms with E-state index in [0.29, 0.717) is 16.5 Å². The minimum atomic E-state index is -1.70. The lowest BCUT2D eigenvalue weighted by molar-refractivity contribution is -0.122. The van der Waals surface area contributed by atoms with Gasteiger partial charge in [0.15, 0.2) is 5.88 Å². The highest BCUT2D eigenvalue weighted by molar-refractivity contribution is 6.09. The van der Waals surface area contributed by atoms with Gasteiger partial charge in [0, 0.05) is 22.5 Å². The van der Waals surface area contributed by atoms with Crippen molar-refractivity contribution < 1.29 is 23.8 Å². The molecule has 1 atom stereocenters. The third-order valence-electron chi connectivity index (χ3n) is 4.93. The number of amides is 3. The first-order chi connectivity index (χ1) is 14.8. The molecule has 4 rings (SSSR count). The molecule has 8 nitrogen and oxygen atoms in total. The fourth-order valence-corrected chi connectivity index (χ4v) is 3.32. The maximum Gasteiger partial charge on any atom is 0.323 e. The summed E-state index contributed by atoms with van der Waals surface area (Å²) in [6, 6.07) is 9.88. The van der Waals surface area contributed by atoms with Gasteiger partial charge < -0.3 is 19.7 Å². The highest BCUT2D eigenvalue weighted by Crippen LogP contribution is 2.32. The summed E-state index contributed by atoms with van der Waals surface area (Å²) in [5.74, 6) is 4.34. The van der Waals surface area contributed by atoms with E-state index in [2.05, 4.69) is 22.5 Å². The number of aromatic nitrogens is 1. The molecule has 31 heavy (non-hydrogen) atoms. The summed E-state index contributed by atoms with van der Waals surface area (Å²) in [5, 5.41) is 25.3. The number of methoxy groups -OCH3 is 1. The molecule has 0 aliphatic carbocycles. The molecule has 0 spiro atoms. The predicted molar refractivity (Wildman–Crippen MR) is 108 cm³/mol. The van der Waals surface area contributed by atoms with Crippen LogP contribution in [0, 0.1) is 29.0 Å². The molecule has 1 aliphatic heterocycles. The van der Waals surface area contributed by atoms with Gasteiger partial charge in [-0.15, -0.1) is 0 Å². The molecule has 1 aliphatic rings. The third kappa shape index (κ3) is 3.49. The topological polar surface area (TPSA) is 116 Å². The Bertz CT molecular complexity index is 1350. The zero-order chi connectivity index (χ0) is 22.2. The van der Waals surface area contributed by atoms with Gasteiger partial charge in [-0.05, 0) is 36.4 Å². The number of ether oxygens (including phenoxy) is 1. The maximum absolute atomic E-state index is 13.9. The average Bonchev–Trinajstić information content (AvgIpc) is 3.21. The monoisotopic (exact) mass is 418 g/mol. The quantitative estimate of drug-likeness (QED) is 0.444. The number of hydrogen-bond acceptors (Lipinski definition) is 5. The molecule has 3 N–H and O–H groups in total. The minimum Gasteiger partial charge on any atom is -0.497 e. The second-order valence-electron chi connectivity index (χ2n) is 6.90. The van der Waals surface area contributed by atoms with Crippen LogP contribution in [0.2, 0.25) is 0 Å². The smallest absolute Gasteiger partial charge is 0.323 e. The van der Waals surface area contributed by atoms with Gasteiger partial charge >= 0.3 is 6.03 Å². The number of carbonyl (C=O) groups is 2. The van der Waals surface area contributed by atoms with Crippen molar-refractivity contribution in [1.82, 2.24) is 15.2 Å². The average molecular weight is 418 g/mol. The number of rotatable bonds is 3. The zero-order valence-corrected chi connectivity index (χ0v) is 16.2. The van der Waals surface area contributed by atoms with Gasteiger partial charge in [-0.2, -0.15) is 5.26 Å². The largest absolute Gasteiger partial charge is 0.497 e. The van der Waals surface area contributed by atoms with Gasteiger partial charge in [0.25, 0.3) is 5.91 Å². The molecule has 0 unspecified atom stereocenters. The number of nitriles is 1. The van der Waals surface area contributed by atoms with Crippen LogP contribution >= 0.6 is 0 Å². The van der Waals surface area contributed by atoms with Crippen molar-refractivity contribution >= 4 is 22.7 Å². The summed E-state index contributed by atoms with van der Waals surface area (Å²) in [7, 11) is 1.50. The van der Waals surface area contributed by atoms with E-state index < -0.39 is 23.3 Å². The first-order valence-corrected chi connectivity index (χ1v) is 9.07. The number of imide groups is 1. The van der Waals surface area contributed by atoms with Gasteiger partial charge in [-0.3, -0.25) is 10.1 Å². The van der Waals surface area contributed by atoms with Gasteiger partial charge in [0.05, 0.1) is 19.2 Å². The number of carbonyl (C=O) groups excluding carboxylic acids is 2. The van der Waals surface area contributed by atoms with E-state index in [0.717, 1.165) is 6.07 Å². The lowest BCUT2D eigenvalue weighted by Crippen LogP contribution is -2.49. The van der Waals surface area contributed by atoms with Gasteiger partial charge in [0.1, 0.15) is 17.6 Å². The van der Waals surface area contributed by atoms with Crippen LogP contribution in [0.25, 0.3) is 10.8 Å². The van der Waals surface area contributed by atoms with E-state index in [9.17, 15) is 19.1 Å². The Morgan fingerprint density at radius 1 is 1.26 bits per heavy atom. The molecule has 1 aromatic heterocycles. The molecule has 0 radical (unpaired) electrons. The first kappa shape index (κ1) is 19.8. The molecule has 1 saturated heterocycles. The van der Waals surface area contributed by atoms with Crippen molar-refractivity contribution in [2.24, 2.45) is 0 Å². The Morgan fingerprint density at radius 3 is 2.71 bits per heavy atom. The van der Waals surface area contributed by atoms with E-state index in [1.165, 1.54) is 23.8 Å². The van der Waals surface area contributed by atoms with Crippen LogP contribution in [0.4, 0.5) is 9.18 Å². The van der Waals surface area contributed by atoms with Crippen molar-refractivity contribution in [3.05, 3.63) is 59.5 Å². The van der Waals surface area contributed by atoms with E-state index in [1.54, 1.807) is 30.5 Å². The van der Waals surface area contributed by atoms with E-state index in [1.807, 2.05) is 0 Å². The van der Waals surface area contributed by atoms with Crippen LogP contribution in [-0.2, 0) is 11.3 Å². The molecule has 9 heteroatoms. The molecule has 3 amide bonds. The molecule has 154 valence electrons. The minimum absolute atomic E-state index is 0.131. The Labute approximate surface area is 175 Å². The first-order valence-electron chi connectivity index (χ1n) is 9.07. The number of nitrogens with zero attached hydrogens (tertiary/aromatic N) is 2. The predicted octanol–water partition coefficient (Wildman–Crippen LogP) is 2.00. The molecular weight excluding hydrogens is 403 g/mol. The molecule has 2 heterocycles. The summed E-state index contributed by atoms with van der Waals surface area (Å²) >= 11 is 0. The summed E-state index contributed by atoms with van der Waals surface area (Å²) in [4.78, 5) is 24.5. The zero-order valence-electron chi connectivity index (χ0n) is 16.2. The molecule has 2 aromatic carbocycles. The number of hydrogen-bond donors (Lipinski definition) is 3. The number of aromatic hydroxyl groups is 1. The van der Waals surface area contributed by atoms with Crippen molar-refractivity contribution in [1.29, 1.82) is 5.26 Å². The lowest BCUT2D eigenvalue weighted by Gasteiger charge is -2.20. The number of halogens is 1. The van der Waals surface area contributed by atoms with Gasteiger partial charge in [0.2, 0.25) is 5.54 Å². The molecular formula is C22H15FN4O4. The van der Waals surface area contributed by atoms with Gasteiger partial charge in [-0.25, -0.2) is 9.18 Å². The SMILES string of the molecule is COc1ccc2cn(C[C@@]3(C#Cc4ccc(C#N)c(F)c4)NC(=O)NC3=O)c(O)c2c1. The highest BCUT2D eigenvalue weighted by Gasteiger charge is 2.46. The Balaban J connectivity index is 1.75. The maximum atomic E-state index is 13.9. The van der Waals surface area contributed by atoms with Crippen LogP contribution in [0.15, 0.2) is 42.6 Å². The van der Waals surface area contributed by atoms with Crippen molar-refractivity contribution in [2.45, 2.75) is 12.1 Å². The number of urea groups is 1. The molecule has 3 aromatic rings. The van der Waals surface area contributed by atoms with Crippen molar-refractivity contribution in [3.63, 3.8) is 0 Å². The number of benzene rings is 2. The normalized spacial score (nSPS) is 17.5. The summed E-state index contributed by atoms with van der Waals surface area (Å²) in [5.41, 5.74) is -1.61. The van der Waals surface area contributed by atoms with Crippen LogP contribution in [0.3, 0.4) is 0 Å². The molecule has 1 fully saturated rings. The van der Waals surface area contributed by atoms with Crippen LogP contribution in [0.1, 0.15) is 11.1 Å². The standard InChI is InChI=1S/C22H15FN4O4/c1-31-16-5-4-15-11-27(19(28)17(15)9-16)12-22(20(29)25-21(30)26-22)7-6-13-2-3-14(10-24)18(23)8-13/h2-5,8-9,11,28H,12H2,1H3,(H2,25,26,29,30)/t22-/m1/s1. The Hall–Kier alpha value is -4.50. The van der Waals surface area contributed by atoms with E-state index in [4.69, 9.17) is 10.00 Å². The molecule has 0 saturated carbocycles. The second kappa shape index (κ2) is 7.39. The fraction of sp³-hybridized carbons (Fsp3) is 0.136. The Kier molecular flexibility index (Phi) is 4.72. The lowest BCUT2D eigenvalue weighted by atomic mass is 9.99. The van der Waals surface area contributed by atoms with Crippen molar-refractivity contribution in [3.8, 4) is 29.5 Å². The number of nitrogens with one attached hydrogen (secondary N) is 2. The summed E-state index contributed by atoms with van der Waals surface area (Å²) < 4.78 is 20.4. The summed E-state index contributed by atoms with van der Waals surface area (Å²) in [6.07, 6.45) is 1.62. The second-order valence-corrected chi connectivity index (χ2v) is 6.90. The van der Waals surface area contributed by atoms with E-state index >= 15 is 0 Å². The van der Waals surface area contributed by atoms with Crippen LogP contribution in [0.5, 0.6) is 11.6 Å². The van der Waals surface area contributed by atoms with Crippen molar-refractivity contribution in [2.75, 3.05) is 7.11 Å². The van der Waals surface area contributed by atoms with Gasteiger partial charge in [-0.1, -0.05) is 11.8 Å². The molecule has 0 bridgehead atoms. The Morgan fingerprint density at radius 2 is 2.06 bits per heavy atom. The van der Waals surface area contributed by atoms with Crippen LogP contribution in [-0.4, -0.2) is 34.3 Å². The highest BCUT2D eigenvalue weighted by atomic mass is 19.1.